The topological polar surface area (TPSA) is 37.3 Å². The second-order valence-electron chi connectivity index (χ2n) is 4.15. The normalized spacial score (nSPS) is 10.9. The van der Waals surface area contributed by atoms with E-state index in [-0.39, 0.29) is 0 Å². The van der Waals surface area contributed by atoms with Crippen LogP contribution in [0.1, 0.15) is 5.56 Å². The van der Waals surface area contributed by atoms with Crippen molar-refractivity contribution in [2.24, 2.45) is 5.10 Å². The molecule has 92 valence electrons. The molecule has 1 N–H and O–H groups in total. The van der Waals surface area contributed by atoms with Gasteiger partial charge in [-0.15, -0.1) is 0 Å². The lowest BCUT2D eigenvalue weighted by atomic mass is 10.1. The molecule has 0 radical (unpaired) electrons. The van der Waals surface area contributed by atoms with Crippen molar-refractivity contribution in [1.29, 1.82) is 0 Å². The minimum atomic E-state index is 0.970. The Labute approximate surface area is 111 Å². The van der Waals surface area contributed by atoms with Gasteiger partial charge in [0.1, 0.15) is 0 Å². The molecular formula is C16H13N3. The third kappa shape index (κ3) is 2.60. The molecule has 3 heteroatoms. The van der Waals surface area contributed by atoms with Crippen LogP contribution in [-0.2, 0) is 0 Å². The highest BCUT2D eigenvalue weighted by Crippen LogP contribution is 2.14. The minimum Gasteiger partial charge on any atom is -0.279 e. The highest BCUT2D eigenvalue weighted by molar-refractivity contribution is 5.98. The van der Waals surface area contributed by atoms with Crippen molar-refractivity contribution in [1.82, 2.24) is 4.98 Å². The number of nitrogens with zero attached hydrogens (tertiary/aromatic N) is 2. The molecule has 0 spiro atoms. The van der Waals surface area contributed by atoms with E-state index in [4.69, 9.17) is 0 Å². The fourth-order valence-corrected chi connectivity index (χ4v) is 1.92. The second kappa shape index (κ2) is 5.31. The van der Waals surface area contributed by atoms with Gasteiger partial charge in [0.2, 0.25) is 0 Å². The van der Waals surface area contributed by atoms with Gasteiger partial charge >= 0.3 is 0 Å². The van der Waals surface area contributed by atoms with Gasteiger partial charge in [-0.3, -0.25) is 10.4 Å². The summed E-state index contributed by atoms with van der Waals surface area (Å²) in [5, 5.41) is 5.36. The molecule has 0 saturated carbocycles. The number of fused-ring (bicyclic) bond motifs is 1. The van der Waals surface area contributed by atoms with Gasteiger partial charge in [0.05, 0.1) is 17.4 Å². The first kappa shape index (κ1) is 11.4. The maximum Gasteiger partial charge on any atom is 0.0708 e. The molecule has 19 heavy (non-hydrogen) atoms. The molecule has 0 aliphatic rings. The van der Waals surface area contributed by atoms with Gasteiger partial charge in [-0.1, -0.05) is 36.4 Å². The van der Waals surface area contributed by atoms with E-state index in [9.17, 15) is 0 Å². The zero-order valence-electron chi connectivity index (χ0n) is 10.3. The summed E-state index contributed by atoms with van der Waals surface area (Å²) in [7, 11) is 0. The molecule has 0 unspecified atom stereocenters. The summed E-state index contributed by atoms with van der Waals surface area (Å²) in [6.07, 6.45) is 3.61. The molecule has 1 heterocycles. The third-order valence-corrected chi connectivity index (χ3v) is 2.85. The Morgan fingerprint density at radius 2 is 1.68 bits per heavy atom. The number of rotatable bonds is 3. The standard InChI is InChI=1S/C16H13N3/c1-2-6-14(7-3-1)19-18-12-13-10-11-17-16-9-5-4-8-15(13)16/h1-12,19H/b18-12-. The zero-order chi connectivity index (χ0) is 12.9. The highest BCUT2D eigenvalue weighted by Gasteiger charge is 1.97. The number of hydrogen-bond acceptors (Lipinski definition) is 3. The first-order valence-electron chi connectivity index (χ1n) is 6.11. The van der Waals surface area contributed by atoms with Crippen molar-refractivity contribution < 1.29 is 0 Å². The maximum atomic E-state index is 4.33. The van der Waals surface area contributed by atoms with Gasteiger partial charge in [0.15, 0.2) is 0 Å². The number of nitrogens with one attached hydrogen (secondary N) is 1. The van der Waals surface area contributed by atoms with E-state index in [1.54, 1.807) is 6.20 Å². The Balaban J connectivity index is 1.85. The SMILES string of the molecule is C(=N/Nc1ccccc1)/c1ccnc2ccccc12. The number of anilines is 1. The highest BCUT2D eigenvalue weighted by atomic mass is 15.3. The van der Waals surface area contributed by atoms with E-state index in [2.05, 4.69) is 15.5 Å². The van der Waals surface area contributed by atoms with E-state index in [1.165, 1.54) is 0 Å². The average Bonchev–Trinajstić information content (AvgIpc) is 2.49. The van der Waals surface area contributed by atoms with Crippen LogP contribution < -0.4 is 5.43 Å². The lowest BCUT2D eigenvalue weighted by molar-refractivity contribution is 1.35. The van der Waals surface area contributed by atoms with E-state index >= 15 is 0 Å². The molecule has 0 aliphatic carbocycles. The van der Waals surface area contributed by atoms with E-state index in [0.717, 1.165) is 22.2 Å². The number of para-hydroxylation sites is 2. The Morgan fingerprint density at radius 1 is 0.895 bits per heavy atom. The number of hydrazone groups is 1. The number of aromatic nitrogens is 1. The van der Waals surface area contributed by atoms with Crippen LogP contribution in [0.25, 0.3) is 10.9 Å². The molecule has 0 atom stereocenters. The molecule has 0 amide bonds. The summed E-state index contributed by atoms with van der Waals surface area (Å²) < 4.78 is 0. The molecule has 0 bridgehead atoms. The number of benzene rings is 2. The van der Waals surface area contributed by atoms with Gasteiger partial charge in [-0.25, -0.2) is 0 Å². The van der Waals surface area contributed by atoms with Crippen LogP contribution in [0.4, 0.5) is 5.69 Å². The van der Waals surface area contributed by atoms with Gasteiger partial charge in [-0.2, -0.15) is 5.10 Å². The van der Waals surface area contributed by atoms with Crippen molar-refractivity contribution >= 4 is 22.8 Å². The van der Waals surface area contributed by atoms with Crippen LogP contribution in [-0.4, -0.2) is 11.2 Å². The van der Waals surface area contributed by atoms with Gasteiger partial charge in [0, 0.05) is 17.1 Å². The Hall–Kier alpha value is -2.68. The molecule has 0 aliphatic heterocycles. The lowest BCUT2D eigenvalue weighted by Gasteiger charge is -2.01. The quantitative estimate of drug-likeness (QED) is 0.566. The predicted molar refractivity (Wildman–Crippen MR) is 79.4 cm³/mol. The number of pyridine rings is 1. The summed E-state index contributed by atoms with van der Waals surface area (Å²) in [6, 6.07) is 19.9. The van der Waals surface area contributed by atoms with Crippen molar-refractivity contribution in [3.05, 3.63) is 72.4 Å². The smallest absolute Gasteiger partial charge is 0.0708 e. The first-order valence-corrected chi connectivity index (χ1v) is 6.11. The largest absolute Gasteiger partial charge is 0.279 e. The van der Waals surface area contributed by atoms with E-state index in [0.29, 0.717) is 0 Å². The van der Waals surface area contributed by atoms with Crippen LogP contribution in [0.15, 0.2) is 72.0 Å². The molecule has 3 nitrogen and oxygen atoms in total. The summed E-state index contributed by atoms with van der Waals surface area (Å²) in [5.41, 5.74) is 6.00. The van der Waals surface area contributed by atoms with Crippen LogP contribution >= 0.6 is 0 Å². The Kier molecular flexibility index (Phi) is 3.19. The van der Waals surface area contributed by atoms with Crippen LogP contribution in [0.5, 0.6) is 0 Å². The summed E-state index contributed by atoms with van der Waals surface area (Å²) >= 11 is 0. The zero-order valence-corrected chi connectivity index (χ0v) is 10.3. The maximum absolute atomic E-state index is 4.33. The molecule has 1 aromatic heterocycles. The van der Waals surface area contributed by atoms with Crippen molar-refractivity contribution in [3.63, 3.8) is 0 Å². The van der Waals surface area contributed by atoms with Gasteiger partial charge in [0.25, 0.3) is 0 Å². The first-order chi connectivity index (χ1) is 9.43. The van der Waals surface area contributed by atoms with Gasteiger partial charge in [-0.05, 0) is 24.3 Å². The third-order valence-electron chi connectivity index (χ3n) is 2.85. The average molecular weight is 247 g/mol. The summed E-state index contributed by atoms with van der Waals surface area (Å²) in [4.78, 5) is 4.33. The lowest BCUT2D eigenvalue weighted by Crippen LogP contribution is -1.91. The van der Waals surface area contributed by atoms with Crippen LogP contribution in [0, 0.1) is 0 Å². The summed E-state index contributed by atoms with van der Waals surface area (Å²) in [6.45, 7) is 0. The van der Waals surface area contributed by atoms with Crippen LogP contribution in [0.2, 0.25) is 0 Å². The fourth-order valence-electron chi connectivity index (χ4n) is 1.92. The second-order valence-corrected chi connectivity index (χ2v) is 4.15. The Morgan fingerprint density at radius 3 is 2.58 bits per heavy atom. The monoisotopic (exact) mass is 247 g/mol. The molecule has 3 rings (SSSR count). The van der Waals surface area contributed by atoms with Gasteiger partial charge < -0.3 is 0 Å². The van der Waals surface area contributed by atoms with E-state index in [1.807, 2.05) is 66.9 Å². The molecule has 0 saturated heterocycles. The van der Waals surface area contributed by atoms with Crippen LogP contribution in [0.3, 0.4) is 0 Å². The fraction of sp³-hybridized carbons (Fsp3) is 0. The molecule has 2 aromatic carbocycles. The minimum absolute atomic E-state index is 0.970. The van der Waals surface area contributed by atoms with Crippen molar-refractivity contribution in [2.45, 2.75) is 0 Å². The predicted octanol–water partition coefficient (Wildman–Crippen LogP) is 3.68. The molecule has 3 aromatic rings. The van der Waals surface area contributed by atoms with Crippen molar-refractivity contribution in [3.8, 4) is 0 Å². The van der Waals surface area contributed by atoms with Crippen molar-refractivity contribution in [2.75, 3.05) is 5.43 Å². The Bertz CT molecular complexity index is 700. The summed E-state index contributed by atoms with van der Waals surface area (Å²) in [5.74, 6) is 0. The van der Waals surface area contributed by atoms with E-state index < -0.39 is 0 Å². The number of hydrogen-bond donors (Lipinski definition) is 1. The molecular weight excluding hydrogens is 234 g/mol. The molecule has 0 fully saturated rings.